The van der Waals surface area contributed by atoms with Crippen molar-refractivity contribution in [2.75, 3.05) is 65.4 Å². The van der Waals surface area contributed by atoms with Crippen LogP contribution in [-0.4, -0.2) is 65.4 Å². The minimum atomic E-state index is 0.713. The third kappa shape index (κ3) is 173. The topological polar surface area (TPSA) is 260 Å². The first-order valence-corrected chi connectivity index (χ1v) is 34.0. The molecule has 0 saturated heterocycles. The molecule has 0 aromatic rings. The monoisotopic (exact) mass is 1110 g/mol. The summed E-state index contributed by atoms with van der Waals surface area (Å²) < 4.78 is 0. The maximum Gasteiger partial charge on any atom is -0.00515 e. The summed E-state index contributed by atoms with van der Waals surface area (Å²) >= 11 is 0. The Morgan fingerprint density at radius 2 is 0.403 bits per heavy atom. The van der Waals surface area contributed by atoms with Crippen molar-refractivity contribution < 1.29 is 0 Å². The minimum Gasteiger partial charge on any atom is -0.330 e. The van der Waals surface area contributed by atoms with E-state index in [2.05, 4.69) is 118 Å². The Morgan fingerprint density at radius 3 is 0.558 bits per heavy atom. The predicted molar refractivity (Wildman–Crippen MR) is 366 cm³/mol. The number of nitrogens with two attached hydrogens (primary N) is 10. The molecule has 0 aromatic heterocycles. The lowest BCUT2D eigenvalue weighted by Crippen LogP contribution is -2.09. The van der Waals surface area contributed by atoms with Gasteiger partial charge in [0.25, 0.3) is 0 Å². The van der Waals surface area contributed by atoms with E-state index >= 15 is 0 Å². The lowest BCUT2D eigenvalue weighted by molar-refractivity contribution is 0.492. The summed E-state index contributed by atoms with van der Waals surface area (Å²) in [5.41, 5.74) is 52.8. The average Bonchev–Trinajstić information content (AvgIpc) is 3.45. The predicted octanol–water partition coefficient (Wildman–Crippen LogP) is 17.5. The van der Waals surface area contributed by atoms with Crippen LogP contribution in [0.25, 0.3) is 0 Å². The van der Waals surface area contributed by atoms with E-state index in [0.717, 1.165) is 89.1 Å². The summed E-state index contributed by atoms with van der Waals surface area (Å²) in [5.74, 6) is 3.94. The molecule has 0 aliphatic carbocycles. The van der Waals surface area contributed by atoms with Crippen LogP contribution in [0.5, 0.6) is 0 Å². The summed E-state index contributed by atoms with van der Waals surface area (Å²) in [5, 5.41) is 0. The van der Waals surface area contributed by atoms with E-state index in [1.54, 1.807) is 0 Å². The van der Waals surface area contributed by atoms with Gasteiger partial charge in [0.15, 0.2) is 0 Å². The average molecular weight is 1110 g/mol. The molecule has 77 heavy (non-hydrogen) atoms. The molecule has 0 aromatic carbocycles. The molecule has 10 heteroatoms. The van der Waals surface area contributed by atoms with Gasteiger partial charge in [0, 0.05) is 0 Å². The maximum absolute atomic E-state index is 5.36. The van der Waals surface area contributed by atoms with Crippen molar-refractivity contribution in [3.8, 4) is 0 Å². The molecule has 0 saturated carbocycles. The summed E-state index contributed by atoms with van der Waals surface area (Å²) in [6.45, 7) is 46.0. The van der Waals surface area contributed by atoms with Crippen molar-refractivity contribution in [3.63, 3.8) is 0 Å². The first kappa shape index (κ1) is 102. The number of hydrogen-bond acceptors (Lipinski definition) is 10. The third-order valence-electron chi connectivity index (χ3n) is 12.9. The highest BCUT2D eigenvalue weighted by Crippen LogP contribution is 2.10. The highest BCUT2D eigenvalue weighted by molar-refractivity contribution is 4.52. The molecule has 5 atom stereocenters. The van der Waals surface area contributed by atoms with Gasteiger partial charge in [0.2, 0.25) is 0 Å². The Bertz CT molecular complexity index is 683. The van der Waals surface area contributed by atoms with Crippen molar-refractivity contribution >= 4 is 0 Å². The molecule has 0 spiro atoms. The van der Waals surface area contributed by atoms with Crippen LogP contribution in [0.4, 0.5) is 0 Å². The Morgan fingerprint density at radius 1 is 0.182 bits per heavy atom. The smallest absolute Gasteiger partial charge is 0.00515 e. The van der Waals surface area contributed by atoms with E-state index in [9.17, 15) is 0 Å². The highest BCUT2D eigenvalue weighted by Gasteiger charge is 1.96. The molecule has 5 unspecified atom stereocenters. The van der Waals surface area contributed by atoms with Crippen molar-refractivity contribution in [3.05, 3.63) is 0 Å². The summed E-state index contributed by atoms with van der Waals surface area (Å²) in [4.78, 5) is 0. The van der Waals surface area contributed by atoms with Crippen LogP contribution in [0.2, 0.25) is 0 Å². The van der Waals surface area contributed by atoms with E-state index in [1.165, 1.54) is 225 Å². The van der Waals surface area contributed by atoms with Crippen LogP contribution in [0, 0.1) is 29.6 Å². The Kier molecular flexibility index (Phi) is 156. The zero-order chi connectivity index (χ0) is 61.7. The zero-order valence-corrected chi connectivity index (χ0v) is 57.5. The Labute approximate surface area is 492 Å². The van der Waals surface area contributed by atoms with E-state index < -0.39 is 0 Å². The van der Waals surface area contributed by atoms with E-state index in [0.29, 0.717) is 5.92 Å². The van der Waals surface area contributed by atoms with Gasteiger partial charge in [-0.15, -0.1) is 0 Å². The van der Waals surface area contributed by atoms with Crippen molar-refractivity contribution in [2.45, 2.75) is 342 Å². The maximum atomic E-state index is 5.36. The molecule has 20 N–H and O–H groups in total. The first-order valence-electron chi connectivity index (χ1n) is 34.0. The summed E-state index contributed by atoms with van der Waals surface area (Å²) in [6, 6.07) is 0. The third-order valence-corrected chi connectivity index (χ3v) is 12.9. The second-order valence-corrected chi connectivity index (χ2v) is 21.9. The summed E-state index contributed by atoms with van der Waals surface area (Å²) in [7, 11) is 0. The molecular weight excluding hydrogens is 945 g/mol. The minimum absolute atomic E-state index is 0.713. The fourth-order valence-corrected chi connectivity index (χ4v) is 6.05. The normalized spacial score (nSPS) is 11.6. The summed E-state index contributed by atoms with van der Waals surface area (Å²) in [6.07, 6.45) is 45.4. The van der Waals surface area contributed by atoms with Crippen LogP contribution in [0.15, 0.2) is 0 Å². The van der Waals surface area contributed by atoms with Crippen LogP contribution >= 0.6 is 0 Å². The van der Waals surface area contributed by atoms with Crippen LogP contribution in [0.1, 0.15) is 342 Å². The van der Waals surface area contributed by atoms with Crippen LogP contribution in [0.3, 0.4) is 0 Å². The fraction of sp³-hybridized carbons (Fsp3) is 1.00. The van der Waals surface area contributed by atoms with E-state index in [-0.39, 0.29) is 0 Å². The lowest BCUT2D eigenvalue weighted by atomic mass is 10.0. The fourth-order valence-electron chi connectivity index (χ4n) is 6.05. The van der Waals surface area contributed by atoms with E-state index in [1.807, 2.05) is 0 Å². The zero-order valence-electron chi connectivity index (χ0n) is 57.5. The van der Waals surface area contributed by atoms with Gasteiger partial charge in [-0.25, -0.2) is 0 Å². The molecule has 10 nitrogen and oxygen atoms in total. The molecular formula is C67H166N10. The standard InChI is InChI=1S/C8H19N.C8H18.C7H17N.5C6H15N.2C5H13N.C4H11N/c1-2-3-4-5-6-7-8-9;1-4-6-7-8(3)5-2;1-2-3-4-5-6-7-8;1-3-6(2)4-5-7;2*1-3-4-6(2)5-7;2*1-2-3-4-5-6-7;1-3-5(2)4-6;1-2-3-4-5-6;1-2-3-4-5/h2-9H2,1H3;8H,4-7H2,1-3H3;2-8H2,1H3;3*6H,3-5,7H2,1-2H3;2*2-7H2,1H3;5H,3-4,6H2,1-2H3;2-6H2,1H3;2-5H2,1H3. The Balaban J connectivity index is -0.0000000693. The first-order chi connectivity index (χ1) is 37.0. The molecule has 0 radical (unpaired) electrons. The van der Waals surface area contributed by atoms with Crippen LogP contribution in [-0.2, 0) is 0 Å². The van der Waals surface area contributed by atoms with E-state index in [4.69, 9.17) is 57.3 Å². The van der Waals surface area contributed by atoms with Crippen molar-refractivity contribution in [1.29, 1.82) is 0 Å². The number of unbranched alkanes of at least 4 members (excludes halogenated alkanes) is 19. The molecule has 0 heterocycles. The molecule has 0 rings (SSSR count). The second kappa shape index (κ2) is 118. The molecule has 0 fully saturated rings. The molecule has 0 aliphatic rings. The van der Waals surface area contributed by atoms with Crippen molar-refractivity contribution in [2.24, 2.45) is 86.9 Å². The molecule has 484 valence electrons. The van der Waals surface area contributed by atoms with Gasteiger partial charge in [0.1, 0.15) is 0 Å². The quantitative estimate of drug-likeness (QED) is 0.0260. The number of hydrogen-bond donors (Lipinski definition) is 10. The van der Waals surface area contributed by atoms with Crippen molar-refractivity contribution in [1.82, 2.24) is 0 Å². The second-order valence-electron chi connectivity index (χ2n) is 21.9. The lowest BCUT2D eigenvalue weighted by Gasteiger charge is -2.04. The molecule has 0 amide bonds. The van der Waals surface area contributed by atoms with Gasteiger partial charge in [-0.2, -0.15) is 0 Å². The van der Waals surface area contributed by atoms with Gasteiger partial charge in [-0.3, -0.25) is 0 Å². The van der Waals surface area contributed by atoms with Gasteiger partial charge < -0.3 is 57.3 Å². The van der Waals surface area contributed by atoms with Gasteiger partial charge in [-0.05, 0) is 153 Å². The largest absolute Gasteiger partial charge is 0.330 e. The molecule has 0 bridgehead atoms. The van der Waals surface area contributed by atoms with Crippen LogP contribution < -0.4 is 57.3 Å². The van der Waals surface area contributed by atoms with Gasteiger partial charge in [-0.1, -0.05) is 285 Å². The van der Waals surface area contributed by atoms with Gasteiger partial charge >= 0.3 is 0 Å². The highest BCUT2D eigenvalue weighted by atomic mass is 14.6. The Hall–Kier alpha value is -0.400. The van der Waals surface area contributed by atoms with Gasteiger partial charge in [0.05, 0.1) is 0 Å². The SMILES string of the molecule is CCC(C)CCN.CCC(C)CN.CCCC(C)CN.CCCC(C)CN.CCCCC(C)CC.CCCCCCCCN.CCCCCCCN.CCCCCCN.CCCCCCN.CCCCCN.CCCCN. The molecule has 0 aliphatic heterocycles. The number of rotatable bonds is 39.